The molecule has 2 aliphatic rings. The van der Waals surface area contributed by atoms with E-state index in [9.17, 15) is 14.4 Å². The molecule has 0 aromatic heterocycles. The number of hydrogen-bond acceptors (Lipinski definition) is 5. The molecule has 0 heterocycles. The molecule has 31 heavy (non-hydrogen) atoms. The van der Waals surface area contributed by atoms with Crippen molar-refractivity contribution < 1.29 is 29.1 Å². The van der Waals surface area contributed by atoms with Gasteiger partial charge in [-0.15, -0.1) is 0 Å². The third-order valence-corrected chi connectivity index (χ3v) is 5.86. The fourth-order valence-electron chi connectivity index (χ4n) is 4.04. The zero-order chi connectivity index (χ0) is 22.0. The Morgan fingerprint density at radius 1 is 1.03 bits per heavy atom. The first kappa shape index (κ1) is 20.9. The van der Waals surface area contributed by atoms with Gasteiger partial charge in [0.1, 0.15) is 6.61 Å². The normalized spacial score (nSPS) is 20.0. The Hall–Kier alpha value is -3.39. The van der Waals surface area contributed by atoms with E-state index in [0.29, 0.717) is 12.8 Å². The highest BCUT2D eigenvalue weighted by molar-refractivity contribution is 5.80. The summed E-state index contributed by atoms with van der Waals surface area (Å²) in [7, 11) is 0. The van der Waals surface area contributed by atoms with E-state index < -0.39 is 24.1 Å². The molecule has 0 spiro atoms. The molecule has 0 radical (unpaired) electrons. The molecule has 0 saturated heterocycles. The lowest BCUT2D eigenvalue weighted by Gasteiger charge is -2.34. The van der Waals surface area contributed by atoms with Crippen molar-refractivity contribution in [3.8, 4) is 11.1 Å². The molecule has 0 aliphatic heterocycles. The molecule has 8 heteroatoms. The molecule has 1 unspecified atom stereocenters. The smallest absolute Gasteiger partial charge is 0.407 e. The number of nitrogens with one attached hydrogen (secondary N) is 2. The first-order valence-electron chi connectivity index (χ1n) is 10.2. The quantitative estimate of drug-likeness (QED) is 0.589. The summed E-state index contributed by atoms with van der Waals surface area (Å²) in [6, 6.07) is 16.1. The second-order valence-electron chi connectivity index (χ2n) is 7.90. The third kappa shape index (κ3) is 4.39. The van der Waals surface area contributed by atoms with Crippen molar-refractivity contribution in [3.63, 3.8) is 0 Å². The van der Waals surface area contributed by atoms with Crippen molar-refractivity contribution in [1.29, 1.82) is 0 Å². The zero-order valence-electron chi connectivity index (χ0n) is 17.0. The van der Waals surface area contributed by atoms with Crippen molar-refractivity contribution >= 4 is 18.0 Å². The summed E-state index contributed by atoms with van der Waals surface area (Å²) in [6.45, 7) is 1.56. The molecular weight excluding hydrogens is 400 g/mol. The SMILES string of the molecule is CC(ONC(=O)C1CC(NC(=O)OCC2c3ccccc3-c3ccccc32)C1)C(=O)O. The van der Waals surface area contributed by atoms with E-state index in [1.807, 2.05) is 24.3 Å². The Labute approximate surface area is 179 Å². The number of rotatable bonds is 7. The Balaban J connectivity index is 1.24. The first-order chi connectivity index (χ1) is 14.9. The lowest BCUT2D eigenvalue weighted by atomic mass is 9.80. The lowest BCUT2D eigenvalue weighted by Crippen LogP contribution is -2.50. The molecule has 2 aromatic carbocycles. The Morgan fingerprint density at radius 3 is 2.19 bits per heavy atom. The van der Waals surface area contributed by atoms with Gasteiger partial charge in [-0.2, -0.15) is 0 Å². The maximum absolute atomic E-state index is 12.3. The number of alkyl carbamates (subject to hydrolysis) is 1. The number of carbonyl (C=O) groups is 3. The summed E-state index contributed by atoms with van der Waals surface area (Å²) in [5.74, 6) is -1.89. The number of hydroxylamine groups is 1. The van der Waals surface area contributed by atoms with Gasteiger partial charge in [0.05, 0.1) is 0 Å². The van der Waals surface area contributed by atoms with E-state index in [-0.39, 0.29) is 24.5 Å². The number of benzene rings is 2. The molecule has 0 bridgehead atoms. The van der Waals surface area contributed by atoms with Crippen LogP contribution in [0.1, 0.15) is 36.8 Å². The van der Waals surface area contributed by atoms with Gasteiger partial charge in [0.2, 0.25) is 5.91 Å². The second-order valence-corrected chi connectivity index (χ2v) is 7.90. The fraction of sp³-hybridized carbons (Fsp3) is 0.348. The van der Waals surface area contributed by atoms with Gasteiger partial charge in [0, 0.05) is 17.9 Å². The topological polar surface area (TPSA) is 114 Å². The Kier molecular flexibility index (Phi) is 5.90. The highest BCUT2D eigenvalue weighted by atomic mass is 16.7. The Bertz CT molecular complexity index is 956. The molecule has 3 N–H and O–H groups in total. The highest BCUT2D eigenvalue weighted by Gasteiger charge is 2.36. The standard InChI is InChI=1S/C23H24N2O6/c1-13(22(27)28)31-25-21(26)14-10-15(11-14)24-23(29)30-12-20-18-8-4-2-6-16(18)17-7-3-5-9-19(17)20/h2-9,13-15,20H,10-12H2,1H3,(H,24,29)(H,25,26)(H,27,28). The predicted octanol–water partition coefficient (Wildman–Crippen LogP) is 2.82. The van der Waals surface area contributed by atoms with Crippen molar-refractivity contribution in [2.45, 2.75) is 37.8 Å². The number of hydrogen-bond donors (Lipinski definition) is 3. The number of ether oxygens (including phenoxy) is 1. The summed E-state index contributed by atoms with van der Waals surface area (Å²) in [5, 5.41) is 11.5. The highest BCUT2D eigenvalue weighted by Crippen LogP contribution is 2.44. The van der Waals surface area contributed by atoms with Crippen LogP contribution in [-0.2, 0) is 19.2 Å². The Morgan fingerprint density at radius 2 is 1.61 bits per heavy atom. The van der Waals surface area contributed by atoms with Gasteiger partial charge < -0.3 is 15.2 Å². The number of fused-ring (bicyclic) bond motifs is 3. The van der Waals surface area contributed by atoms with Crippen LogP contribution >= 0.6 is 0 Å². The van der Waals surface area contributed by atoms with Gasteiger partial charge >= 0.3 is 12.1 Å². The fourth-order valence-corrected chi connectivity index (χ4v) is 4.04. The minimum atomic E-state index is -1.16. The maximum atomic E-state index is 12.3. The number of carboxylic acid groups (broad SMARTS) is 1. The van der Waals surface area contributed by atoms with Crippen LogP contribution in [0.5, 0.6) is 0 Å². The largest absolute Gasteiger partial charge is 0.479 e. The van der Waals surface area contributed by atoms with Crippen LogP contribution in [0, 0.1) is 5.92 Å². The zero-order valence-corrected chi connectivity index (χ0v) is 17.0. The van der Waals surface area contributed by atoms with Gasteiger partial charge in [-0.1, -0.05) is 48.5 Å². The number of carboxylic acids is 1. The molecule has 2 aliphatic carbocycles. The number of aliphatic carboxylic acids is 1. The van der Waals surface area contributed by atoms with Crippen molar-refractivity contribution in [3.05, 3.63) is 59.7 Å². The predicted molar refractivity (Wildman–Crippen MR) is 111 cm³/mol. The van der Waals surface area contributed by atoms with Crippen LogP contribution < -0.4 is 10.8 Å². The minimum absolute atomic E-state index is 0.00793. The first-order valence-corrected chi connectivity index (χ1v) is 10.2. The number of amides is 2. The van der Waals surface area contributed by atoms with Crippen LogP contribution in [0.3, 0.4) is 0 Å². The van der Waals surface area contributed by atoms with Gasteiger partial charge in [-0.3, -0.25) is 9.63 Å². The van der Waals surface area contributed by atoms with E-state index in [1.165, 1.54) is 18.1 Å². The summed E-state index contributed by atoms with van der Waals surface area (Å²) in [5.41, 5.74) is 6.78. The van der Waals surface area contributed by atoms with Crippen LogP contribution in [0.2, 0.25) is 0 Å². The van der Waals surface area contributed by atoms with E-state index in [1.54, 1.807) is 0 Å². The average molecular weight is 424 g/mol. The van der Waals surface area contributed by atoms with Gasteiger partial charge in [0.15, 0.2) is 6.10 Å². The van der Waals surface area contributed by atoms with E-state index in [0.717, 1.165) is 11.1 Å². The summed E-state index contributed by atoms with van der Waals surface area (Å²) < 4.78 is 5.51. The summed E-state index contributed by atoms with van der Waals surface area (Å²) in [4.78, 5) is 39.7. The van der Waals surface area contributed by atoms with Crippen LogP contribution in [-0.4, -0.2) is 41.8 Å². The summed E-state index contributed by atoms with van der Waals surface area (Å²) >= 11 is 0. The maximum Gasteiger partial charge on any atom is 0.407 e. The second kappa shape index (κ2) is 8.77. The minimum Gasteiger partial charge on any atom is -0.479 e. The molecule has 1 atom stereocenters. The molecule has 4 rings (SSSR count). The molecule has 8 nitrogen and oxygen atoms in total. The van der Waals surface area contributed by atoms with Crippen molar-refractivity contribution in [1.82, 2.24) is 10.8 Å². The molecule has 162 valence electrons. The van der Waals surface area contributed by atoms with E-state index in [2.05, 4.69) is 35.1 Å². The summed E-state index contributed by atoms with van der Waals surface area (Å²) in [6.07, 6.45) is -0.748. The lowest BCUT2D eigenvalue weighted by molar-refractivity contribution is -0.161. The molecule has 2 aromatic rings. The average Bonchev–Trinajstić information content (AvgIpc) is 3.06. The van der Waals surface area contributed by atoms with Crippen molar-refractivity contribution in [2.24, 2.45) is 5.92 Å². The molecule has 2 amide bonds. The van der Waals surface area contributed by atoms with Gasteiger partial charge in [-0.25, -0.2) is 15.1 Å². The monoisotopic (exact) mass is 424 g/mol. The van der Waals surface area contributed by atoms with Crippen LogP contribution in [0.15, 0.2) is 48.5 Å². The molecule has 1 saturated carbocycles. The van der Waals surface area contributed by atoms with Crippen LogP contribution in [0.4, 0.5) is 4.79 Å². The third-order valence-electron chi connectivity index (χ3n) is 5.86. The molecular formula is C23H24N2O6. The molecule has 1 fully saturated rings. The van der Waals surface area contributed by atoms with E-state index in [4.69, 9.17) is 14.7 Å². The van der Waals surface area contributed by atoms with Crippen molar-refractivity contribution in [2.75, 3.05) is 6.61 Å². The van der Waals surface area contributed by atoms with Crippen LogP contribution in [0.25, 0.3) is 11.1 Å². The number of carbonyl (C=O) groups excluding carboxylic acids is 2. The van der Waals surface area contributed by atoms with Gasteiger partial charge in [0.25, 0.3) is 0 Å². The van der Waals surface area contributed by atoms with E-state index >= 15 is 0 Å². The van der Waals surface area contributed by atoms with Gasteiger partial charge in [-0.05, 0) is 42.0 Å².